The largest absolute Gasteiger partial charge is 0.291 e. The fourth-order valence-electron chi connectivity index (χ4n) is 3.31. The van der Waals surface area contributed by atoms with Crippen molar-refractivity contribution in [1.82, 2.24) is 4.48 Å². The SMILES string of the molecule is CCCCCCC[N+]1(c2ccccc2)CCCC1. The molecule has 1 saturated heterocycles. The number of nitrogens with zero attached hydrogens (tertiary/aromatic N) is 1. The number of benzene rings is 1. The molecule has 18 heavy (non-hydrogen) atoms. The number of unbranched alkanes of at least 4 members (excludes halogenated alkanes) is 4. The van der Waals surface area contributed by atoms with Crippen LogP contribution in [0.25, 0.3) is 0 Å². The molecule has 0 unspecified atom stereocenters. The molecule has 1 heteroatoms. The fourth-order valence-corrected chi connectivity index (χ4v) is 3.31. The molecule has 0 amide bonds. The zero-order chi connectivity index (χ0) is 12.7. The fraction of sp³-hybridized carbons (Fsp3) is 0.647. The summed E-state index contributed by atoms with van der Waals surface area (Å²) in [6.45, 7) is 6.36. The molecule has 1 aliphatic heterocycles. The molecule has 2 rings (SSSR count). The van der Waals surface area contributed by atoms with E-state index in [-0.39, 0.29) is 0 Å². The summed E-state index contributed by atoms with van der Waals surface area (Å²) in [5.41, 5.74) is 1.55. The van der Waals surface area contributed by atoms with Crippen molar-refractivity contribution < 1.29 is 0 Å². The van der Waals surface area contributed by atoms with Crippen molar-refractivity contribution in [1.29, 1.82) is 0 Å². The maximum absolute atomic E-state index is 2.33. The lowest BCUT2D eigenvalue weighted by Crippen LogP contribution is -2.47. The van der Waals surface area contributed by atoms with Gasteiger partial charge in [0, 0.05) is 12.8 Å². The van der Waals surface area contributed by atoms with Crippen LogP contribution < -0.4 is 4.48 Å². The van der Waals surface area contributed by atoms with Gasteiger partial charge in [-0.3, -0.25) is 4.48 Å². The Morgan fingerprint density at radius 3 is 2.22 bits per heavy atom. The van der Waals surface area contributed by atoms with Crippen LogP contribution in [0.2, 0.25) is 0 Å². The molecule has 0 aromatic heterocycles. The van der Waals surface area contributed by atoms with E-state index in [1.54, 1.807) is 5.69 Å². The summed E-state index contributed by atoms with van der Waals surface area (Å²) < 4.78 is 1.26. The first-order chi connectivity index (χ1) is 8.87. The highest BCUT2D eigenvalue weighted by Crippen LogP contribution is 2.29. The third-order valence-electron chi connectivity index (χ3n) is 4.42. The van der Waals surface area contributed by atoms with E-state index in [2.05, 4.69) is 37.3 Å². The monoisotopic (exact) mass is 246 g/mol. The zero-order valence-corrected chi connectivity index (χ0v) is 11.9. The molecule has 100 valence electrons. The Bertz CT molecular complexity index is 325. The Hall–Kier alpha value is -0.820. The molecule has 1 aromatic rings. The second-order valence-corrected chi connectivity index (χ2v) is 5.77. The molecule has 0 aliphatic carbocycles. The Morgan fingerprint density at radius 1 is 0.889 bits per heavy atom. The quantitative estimate of drug-likeness (QED) is 0.481. The average molecular weight is 246 g/mol. The van der Waals surface area contributed by atoms with E-state index in [0.29, 0.717) is 0 Å². The zero-order valence-electron chi connectivity index (χ0n) is 11.9. The van der Waals surface area contributed by atoms with Crippen molar-refractivity contribution >= 4 is 5.69 Å². The van der Waals surface area contributed by atoms with Gasteiger partial charge in [0.25, 0.3) is 0 Å². The van der Waals surface area contributed by atoms with Crippen LogP contribution in [0.4, 0.5) is 5.69 Å². The Balaban J connectivity index is 1.91. The predicted octanol–water partition coefficient (Wildman–Crippen LogP) is 4.76. The van der Waals surface area contributed by atoms with Crippen LogP contribution in [-0.4, -0.2) is 19.6 Å². The van der Waals surface area contributed by atoms with Gasteiger partial charge in [-0.1, -0.05) is 44.4 Å². The predicted molar refractivity (Wildman–Crippen MR) is 80.8 cm³/mol. The van der Waals surface area contributed by atoms with Crippen LogP contribution in [-0.2, 0) is 0 Å². The number of rotatable bonds is 7. The summed E-state index contributed by atoms with van der Waals surface area (Å²) in [6.07, 6.45) is 9.80. The number of hydrogen-bond acceptors (Lipinski definition) is 0. The lowest BCUT2D eigenvalue weighted by molar-refractivity contribution is 0.322. The summed E-state index contributed by atoms with van der Waals surface area (Å²) in [4.78, 5) is 0. The van der Waals surface area contributed by atoms with Gasteiger partial charge in [0.2, 0.25) is 0 Å². The normalized spacial score (nSPS) is 18.1. The number of hydrogen-bond donors (Lipinski definition) is 0. The molecule has 0 spiro atoms. The molecule has 1 aliphatic rings. The molecular weight excluding hydrogens is 218 g/mol. The Labute approximate surface area is 112 Å². The molecule has 0 bridgehead atoms. The van der Waals surface area contributed by atoms with Gasteiger partial charge in [-0.15, -0.1) is 0 Å². The Morgan fingerprint density at radius 2 is 1.56 bits per heavy atom. The van der Waals surface area contributed by atoms with Crippen molar-refractivity contribution in [3.8, 4) is 0 Å². The van der Waals surface area contributed by atoms with Gasteiger partial charge in [0.15, 0.2) is 0 Å². The third kappa shape index (κ3) is 3.35. The molecule has 1 nitrogen and oxygen atoms in total. The minimum absolute atomic E-state index is 1.26. The van der Waals surface area contributed by atoms with E-state index >= 15 is 0 Å². The van der Waals surface area contributed by atoms with Crippen LogP contribution in [0.15, 0.2) is 30.3 Å². The van der Waals surface area contributed by atoms with Gasteiger partial charge < -0.3 is 0 Å². The van der Waals surface area contributed by atoms with Crippen LogP contribution in [0.3, 0.4) is 0 Å². The first kappa shape index (κ1) is 13.6. The van der Waals surface area contributed by atoms with E-state index in [1.165, 1.54) is 69.1 Å². The van der Waals surface area contributed by atoms with Gasteiger partial charge in [0.05, 0.1) is 19.6 Å². The van der Waals surface area contributed by atoms with Crippen LogP contribution >= 0.6 is 0 Å². The molecule has 0 saturated carbocycles. The summed E-state index contributed by atoms with van der Waals surface area (Å²) in [6, 6.07) is 11.2. The summed E-state index contributed by atoms with van der Waals surface area (Å²) in [7, 11) is 0. The lowest BCUT2D eigenvalue weighted by Gasteiger charge is -2.34. The minimum Gasteiger partial charge on any atom is -0.291 e. The summed E-state index contributed by atoms with van der Waals surface area (Å²) >= 11 is 0. The second-order valence-electron chi connectivity index (χ2n) is 5.77. The molecule has 1 heterocycles. The van der Waals surface area contributed by atoms with Gasteiger partial charge in [0.1, 0.15) is 5.69 Å². The molecular formula is C17H28N+. The summed E-state index contributed by atoms with van der Waals surface area (Å²) in [5, 5.41) is 0. The topological polar surface area (TPSA) is 0 Å². The number of likely N-dealkylation sites (tertiary alicyclic amines) is 1. The smallest absolute Gasteiger partial charge is 0.132 e. The standard InChI is InChI=1S/C17H28N/c1-2-3-4-5-9-14-18(15-10-11-16-18)17-12-7-6-8-13-17/h6-8,12-13H,2-5,9-11,14-16H2,1H3/q+1. The van der Waals surface area contributed by atoms with Crippen LogP contribution in [0.1, 0.15) is 51.9 Å². The van der Waals surface area contributed by atoms with Crippen molar-refractivity contribution in [3.63, 3.8) is 0 Å². The van der Waals surface area contributed by atoms with Gasteiger partial charge in [-0.25, -0.2) is 0 Å². The number of quaternary nitrogens is 1. The molecule has 0 N–H and O–H groups in total. The lowest BCUT2D eigenvalue weighted by atomic mass is 10.1. The average Bonchev–Trinajstić information content (AvgIpc) is 2.90. The third-order valence-corrected chi connectivity index (χ3v) is 4.42. The first-order valence-corrected chi connectivity index (χ1v) is 7.79. The van der Waals surface area contributed by atoms with E-state index in [0.717, 1.165) is 0 Å². The maximum Gasteiger partial charge on any atom is 0.132 e. The molecule has 0 atom stereocenters. The summed E-state index contributed by atoms with van der Waals surface area (Å²) in [5.74, 6) is 0. The second kappa shape index (κ2) is 6.94. The molecule has 0 radical (unpaired) electrons. The van der Waals surface area contributed by atoms with Crippen LogP contribution in [0, 0.1) is 0 Å². The van der Waals surface area contributed by atoms with Crippen molar-refractivity contribution in [2.75, 3.05) is 19.6 Å². The first-order valence-electron chi connectivity index (χ1n) is 7.79. The van der Waals surface area contributed by atoms with E-state index < -0.39 is 0 Å². The highest BCUT2D eigenvalue weighted by Gasteiger charge is 2.33. The maximum atomic E-state index is 2.33. The van der Waals surface area contributed by atoms with Gasteiger partial charge in [-0.05, 0) is 25.0 Å². The van der Waals surface area contributed by atoms with E-state index in [4.69, 9.17) is 0 Å². The van der Waals surface area contributed by atoms with E-state index in [9.17, 15) is 0 Å². The molecule has 1 aromatic carbocycles. The number of para-hydroxylation sites is 1. The molecule has 1 fully saturated rings. The van der Waals surface area contributed by atoms with Crippen molar-refractivity contribution in [2.45, 2.75) is 51.9 Å². The highest BCUT2D eigenvalue weighted by atomic mass is 15.4. The van der Waals surface area contributed by atoms with Crippen molar-refractivity contribution in [2.24, 2.45) is 0 Å². The highest BCUT2D eigenvalue weighted by molar-refractivity contribution is 5.43. The minimum atomic E-state index is 1.26. The van der Waals surface area contributed by atoms with E-state index in [1.807, 2.05) is 0 Å². The van der Waals surface area contributed by atoms with Gasteiger partial charge in [-0.2, -0.15) is 0 Å². The van der Waals surface area contributed by atoms with Gasteiger partial charge >= 0.3 is 0 Å². The Kier molecular flexibility index (Phi) is 5.25. The van der Waals surface area contributed by atoms with Crippen LogP contribution in [0.5, 0.6) is 0 Å². The van der Waals surface area contributed by atoms with Crippen molar-refractivity contribution in [3.05, 3.63) is 30.3 Å².